The van der Waals surface area contributed by atoms with Gasteiger partial charge in [0.15, 0.2) is 12.2 Å². The lowest BCUT2D eigenvalue weighted by Crippen LogP contribution is -2.30. The van der Waals surface area contributed by atoms with Gasteiger partial charge in [-0.3, -0.25) is 37.3 Å². The van der Waals surface area contributed by atoms with E-state index in [-0.39, 0.29) is 25.7 Å². The molecule has 0 saturated carbocycles. The zero-order valence-electron chi connectivity index (χ0n) is 61.3. The van der Waals surface area contributed by atoms with Gasteiger partial charge in [-0.1, -0.05) is 337 Å². The molecule has 0 spiro atoms. The van der Waals surface area contributed by atoms with Crippen LogP contribution in [0.15, 0.2) is 0 Å². The Labute approximate surface area is 575 Å². The smallest absolute Gasteiger partial charge is 0.462 e. The van der Waals surface area contributed by atoms with Gasteiger partial charge in [0.05, 0.1) is 26.4 Å². The summed E-state index contributed by atoms with van der Waals surface area (Å²) >= 11 is 0. The Morgan fingerprint density at radius 1 is 0.287 bits per heavy atom. The second-order valence-corrected chi connectivity index (χ2v) is 30.9. The molecule has 0 aromatic heterocycles. The van der Waals surface area contributed by atoms with Gasteiger partial charge in [-0.15, -0.1) is 0 Å². The number of esters is 4. The summed E-state index contributed by atoms with van der Waals surface area (Å²) in [5.41, 5.74) is 0. The predicted octanol–water partition coefficient (Wildman–Crippen LogP) is 21.9. The number of carbonyl (C=O) groups excluding carboxylic acids is 4. The number of hydrogen-bond acceptors (Lipinski definition) is 15. The molecular weight excluding hydrogens is 1230 g/mol. The topological polar surface area (TPSA) is 237 Å². The summed E-state index contributed by atoms with van der Waals surface area (Å²) in [6.45, 7) is 9.56. The SMILES string of the molecule is CCCCCCCCCCCCCCCCCCC(=O)OC[C@H](COP(=O)(O)OC[C@@H](O)COP(=O)(O)OC[C@@H](COC(=O)CCCCCCCCCCC)OC(=O)CCCCCCCCCCC(C)C)OC(=O)CCCCCCCCCCCCCCCCCC(C)C. The van der Waals surface area contributed by atoms with E-state index in [4.69, 9.17) is 37.0 Å². The fraction of sp³-hybridized carbons (Fsp3) is 0.947. The molecule has 3 N–H and O–H groups in total. The number of phosphoric ester groups is 2. The molecule has 0 aliphatic carbocycles. The molecule has 0 rings (SSSR count). The highest BCUT2D eigenvalue weighted by molar-refractivity contribution is 7.47. The van der Waals surface area contributed by atoms with Gasteiger partial charge in [-0.2, -0.15) is 0 Å². The van der Waals surface area contributed by atoms with Crippen LogP contribution in [-0.4, -0.2) is 96.7 Å². The Balaban J connectivity index is 5.22. The molecule has 0 saturated heterocycles. The molecule has 5 atom stereocenters. The Hall–Kier alpha value is -1.94. The molecule has 0 radical (unpaired) electrons. The predicted molar refractivity (Wildman–Crippen MR) is 381 cm³/mol. The van der Waals surface area contributed by atoms with Gasteiger partial charge in [0, 0.05) is 25.7 Å². The molecule has 558 valence electrons. The zero-order valence-corrected chi connectivity index (χ0v) is 63.1. The van der Waals surface area contributed by atoms with Crippen LogP contribution in [0.5, 0.6) is 0 Å². The lowest BCUT2D eigenvalue weighted by molar-refractivity contribution is -0.161. The first-order valence-electron chi connectivity index (χ1n) is 39.0. The second-order valence-electron chi connectivity index (χ2n) is 28.0. The van der Waals surface area contributed by atoms with Crippen molar-refractivity contribution in [1.29, 1.82) is 0 Å². The summed E-state index contributed by atoms with van der Waals surface area (Å²) in [7, 11) is -9.91. The van der Waals surface area contributed by atoms with Gasteiger partial charge >= 0.3 is 39.5 Å². The van der Waals surface area contributed by atoms with Crippen LogP contribution in [0.25, 0.3) is 0 Å². The molecule has 19 heteroatoms. The maximum absolute atomic E-state index is 13.1. The maximum Gasteiger partial charge on any atom is 0.472 e. The maximum atomic E-state index is 13.1. The Kier molecular flexibility index (Phi) is 65.5. The average Bonchev–Trinajstić information content (AvgIpc) is 1.94. The Bertz CT molecular complexity index is 1820. The number of ether oxygens (including phenoxy) is 4. The van der Waals surface area contributed by atoms with Gasteiger partial charge in [-0.05, 0) is 37.5 Å². The van der Waals surface area contributed by atoms with E-state index in [2.05, 4.69) is 41.5 Å². The van der Waals surface area contributed by atoms with Gasteiger partial charge in [0.25, 0.3) is 0 Å². The lowest BCUT2D eigenvalue weighted by Gasteiger charge is -2.21. The highest BCUT2D eigenvalue weighted by Crippen LogP contribution is 2.45. The molecule has 0 aliphatic rings. The second kappa shape index (κ2) is 66.9. The molecule has 0 aliphatic heterocycles. The van der Waals surface area contributed by atoms with Crippen LogP contribution in [0, 0.1) is 11.8 Å². The molecule has 0 heterocycles. The third-order valence-electron chi connectivity index (χ3n) is 17.5. The van der Waals surface area contributed by atoms with Crippen molar-refractivity contribution in [2.75, 3.05) is 39.6 Å². The van der Waals surface area contributed by atoms with Crippen LogP contribution in [0.4, 0.5) is 0 Å². The van der Waals surface area contributed by atoms with Crippen LogP contribution in [0.1, 0.15) is 388 Å². The number of aliphatic hydroxyl groups is 1. The van der Waals surface area contributed by atoms with Crippen LogP contribution in [0.2, 0.25) is 0 Å². The van der Waals surface area contributed by atoms with Crippen LogP contribution in [-0.2, 0) is 65.4 Å². The van der Waals surface area contributed by atoms with Crippen molar-refractivity contribution in [1.82, 2.24) is 0 Å². The molecule has 0 aromatic rings. The highest BCUT2D eigenvalue weighted by Gasteiger charge is 2.30. The van der Waals surface area contributed by atoms with Crippen molar-refractivity contribution in [3.05, 3.63) is 0 Å². The van der Waals surface area contributed by atoms with Crippen LogP contribution >= 0.6 is 15.6 Å². The first-order chi connectivity index (χ1) is 45.4. The molecular formula is C75H146O17P2. The van der Waals surface area contributed by atoms with Crippen LogP contribution in [0.3, 0.4) is 0 Å². The van der Waals surface area contributed by atoms with Crippen molar-refractivity contribution in [3.8, 4) is 0 Å². The van der Waals surface area contributed by atoms with Crippen molar-refractivity contribution < 1.29 is 80.2 Å². The summed E-state index contributed by atoms with van der Waals surface area (Å²) < 4.78 is 68.4. The minimum Gasteiger partial charge on any atom is -0.462 e. The minimum absolute atomic E-state index is 0.105. The molecule has 94 heavy (non-hydrogen) atoms. The zero-order chi connectivity index (χ0) is 69.3. The monoisotopic (exact) mass is 1380 g/mol. The van der Waals surface area contributed by atoms with E-state index < -0.39 is 97.5 Å². The summed E-state index contributed by atoms with van der Waals surface area (Å²) in [6, 6.07) is 0. The van der Waals surface area contributed by atoms with Crippen LogP contribution < -0.4 is 0 Å². The van der Waals surface area contributed by atoms with Crippen molar-refractivity contribution >= 4 is 39.5 Å². The first kappa shape index (κ1) is 92.1. The van der Waals surface area contributed by atoms with E-state index in [1.54, 1.807) is 0 Å². The number of phosphoric acid groups is 2. The fourth-order valence-electron chi connectivity index (χ4n) is 11.5. The summed E-state index contributed by atoms with van der Waals surface area (Å²) in [4.78, 5) is 72.7. The number of rotatable bonds is 74. The van der Waals surface area contributed by atoms with E-state index >= 15 is 0 Å². The largest absolute Gasteiger partial charge is 0.472 e. The Morgan fingerprint density at radius 2 is 0.489 bits per heavy atom. The molecule has 2 unspecified atom stereocenters. The normalized spacial score (nSPS) is 14.0. The molecule has 0 amide bonds. The first-order valence-corrected chi connectivity index (χ1v) is 42.0. The molecule has 17 nitrogen and oxygen atoms in total. The van der Waals surface area contributed by atoms with E-state index in [0.29, 0.717) is 25.7 Å². The standard InChI is InChI=1S/C75H146O17P2/c1-7-9-11-13-15-17-18-19-20-23-26-29-33-40-46-52-58-73(78)86-64-70(91-74(79)59-53-47-41-34-30-27-24-21-22-25-28-32-37-43-49-55-67(3)4)65-89-93(81,82)87-61-69(76)62-88-94(83,84)90-66-71(63-85-72(77)57-51-45-39-31-16-14-12-10-8-2)92-75(80)60-54-48-42-36-35-38-44-50-56-68(5)6/h67-71,76H,7-66H2,1-6H3,(H,81,82)(H,83,84)/t69-,70-,71-/m1/s1. The van der Waals surface area contributed by atoms with Gasteiger partial charge in [-0.25, -0.2) is 9.13 Å². The molecule has 0 aromatic carbocycles. The Morgan fingerprint density at radius 3 is 0.723 bits per heavy atom. The van der Waals surface area contributed by atoms with Gasteiger partial charge < -0.3 is 33.8 Å². The number of aliphatic hydroxyl groups excluding tert-OH is 1. The van der Waals surface area contributed by atoms with Crippen molar-refractivity contribution in [2.45, 2.75) is 407 Å². The molecule has 0 bridgehead atoms. The highest BCUT2D eigenvalue weighted by atomic mass is 31.2. The average molecular weight is 1380 g/mol. The number of unbranched alkanes of at least 4 members (excludes halogenated alkanes) is 44. The number of carbonyl (C=O) groups is 4. The quantitative estimate of drug-likeness (QED) is 0.0222. The summed E-state index contributed by atoms with van der Waals surface area (Å²) in [6.07, 6.45) is 54.2. The summed E-state index contributed by atoms with van der Waals surface area (Å²) in [5, 5.41) is 10.6. The van der Waals surface area contributed by atoms with E-state index in [0.717, 1.165) is 102 Å². The lowest BCUT2D eigenvalue weighted by atomic mass is 10.0. The van der Waals surface area contributed by atoms with Gasteiger partial charge in [0.2, 0.25) is 0 Å². The summed E-state index contributed by atoms with van der Waals surface area (Å²) in [5.74, 6) is -0.598. The minimum atomic E-state index is -4.96. The third-order valence-corrected chi connectivity index (χ3v) is 19.4. The molecule has 0 fully saturated rings. The van der Waals surface area contributed by atoms with E-state index in [1.165, 1.54) is 205 Å². The van der Waals surface area contributed by atoms with Crippen molar-refractivity contribution in [2.24, 2.45) is 11.8 Å². The fourth-order valence-corrected chi connectivity index (χ4v) is 13.1. The van der Waals surface area contributed by atoms with E-state index in [1.807, 2.05) is 0 Å². The number of hydrogen-bond donors (Lipinski definition) is 3. The third kappa shape index (κ3) is 68.6. The van der Waals surface area contributed by atoms with Gasteiger partial charge in [0.1, 0.15) is 19.3 Å². The van der Waals surface area contributed by atoms with E-state index in [9.17, 15) is 43.2 Å². The van der Waals surface area contributed by atoms with Crippen molar-refractivity contribution in [3.63, 3.8) is 0 Å².